The average Bonchev–Trinajstić information content (AvgIpc) is 2.92. The van der Waals surface area contributed by atoms with E-state index in [-0.39, 0.29) is 17.5 Å². The highest BCUT2D eigenvalue weighted by atomic mass is 16.6. The van der Waals surface area contributed by atoms with Crippen LogP contribution >= 0.6 is 0 Å². The Morgan fingerprint density at radius 3 is 2.86 bits per heavy atom. The molecule has 3 N–H and O–H groups in total. The predicted molar refractivity (Wildman–Crippen MR) is 80.4 cm³/mol. The van der Waals surface area contributed by atoms with Crippen molar-refractivity contribution in [1.29, 1.82) is 0 Å². The molecule has 2 aromatic rings. The van der Waals surface area contributed by atoms with E-state index in [0.717, 1.165) is 17.0 Å². The van der Waals surface area contributed by atoms with Crippen molar-refractivity contribution in [2.45, 2.75) is 18.8 Å². The van der Waals surface area contributed by atoms with E-state index < -0.39 is 0 Å². The number of nitrogens with two attached hydrogens (primary N) is 1. The van der Waals surface area contributed by atoms with Crippen LogP contribution in [0.4, 0.5) is 11.6 Å². The number of anilines is 2. The number of allylic oxidation sites excluding steroid dienone is 2. The third-order valence-electron chi connectivity index (χ3n) is 3.62. The number of carbonyl (C=O) groups is 1. The number of aromatic nitrogens is 2. The van der Waals surface area contributed by atoms with E-state index in [2.05, 4.69) is 20.3 Å². The van der Waals surface area contributed by atoms with Gasteiger partial charge in [0.05, 0.1) is 7.11 Å². The van der Waals surface area contributed by atoms with E-state index in [0.29, 0.717) is 18.7 Å². The van der Waals surface area contributed by atoms with Crippen molar-refractivity contribution in [3.8, 4) is 5.75 Å². The van der Waals surface area contributed by atoms with Gasteiger partial charge < -0.3 is 15.8 Å². The van der Waals surface area contributed by atoms with Gasteiger partial charge >= 0.3 is 0 Å². The largest absolute Gasteiger partial charge is 0.496 e. The van der Waals surface area contributed by atoms with Gasteiger partial charge in [-0.3, -0.25) is 4.79 Å². The number of carbonyl (C=O) groups excluding carboxylic acids is 1. The SMILES string of the molecule is COc1ccccc1[C@H]1CC(=O)C=C(Nc2nonc2N)C1. The zero-order valence-corrected chi connectivity index (χ0v) is 12.1. The molecule has 0 bridgehead atoms. The van der Waals surface area contributed by atoms with Crippen LogP contribution in [0.2, 0.25) is 0 Å². The molecule has 1 atom stereocenters. The van der Waals surface area contributed by atoms with Crippen molar-refractivity contribution >= 4 is 17.4 Å². The monoisotopic (exact) mass is 300 g/mol. The molecule has 1 heterocycles. The lowest BCUT2D eigenvalue weighted by Crippen LogP contribution is -2.17. The number of para-hydroxylation sites is 1. The zero-order chi connectivity index (χ0) is 15.5. The maximum absolute atomic E-state index is 12.0. The molecule has 1 aromatic heterocycles. The van der Waals surface area contributed by atoms with Crippen LogP contribution in [0.15, 0.2) is 40.7 Å². The van der Waals surface area contributed by atoms with Gasteiger partial charge in [-0.2, -0.15) is 0 Å². The Morgan fingerprint density at radius 2 is 2.14 bits per heavy atom. The fourth-order valence-electron chi connectivity index (χ4n) is 2.64. The Morgan fingerprint density at radius 1 is 1.32 bits per heavy atom. The summed E-state index contributed by atoms with van der Waals surface area (Å²) in [4.78, 5) is 12.0. The minimum atomic E-state index is 0.0391. The van der Waals surface area contributed by atoms with Crippen molar-refractivity contribution in [2.24, 2.45) is 0 Å². The molecule has 1 aromatic carbocycles. The van der Waals surface area contributed by atoms with Crippen molar-refractivity contribution in [1.82, 2.24) is 10.3 Å². The Bertz CT molecular complexity index is 723. The Hall–Kier alpha value is -2.83. The first-order valence-corrected chi connectivity index (χ1v) is 6.88. The van der Waals surface area contributed by atoms with E-state index in [9.17, 15) is 4.79 Å². The summed E-state index contributed by atoms with van der Waals surface area (Å²) in [7, 11) is 1.63. The van der Waals surface area contributed by atoms with Gasteiger partial charge in [0, 0.05) is 24.1 Å². The average molecular weight is 300 g/mol. The second kappa shape index (κ2) is 5.88. The van der Waals surface area contributed by atoms with Gasteiger partial charge in [0.15, 0.2) is 5.78 Å². The molecule has 22 heavy (non-hydrogen) atoms. The maximum Gasteiger partial charge on any atom is 0.219 e. The van der Waals surface area contributed by atoms with Gasteiger partial charge in [0.25, 0.3) is 0 Å². The van der Waals surface area contributed by atoms with Crippen LogP contribution in [-0.4, -0.2) is 23.2 Å². The Kier molecular flexibility index (Phi) is 3.78. The molecule has 7 heteroatoms. The normalized spacial score (nSPS) is 18.0. The summed E-state index contributed by atoms with van der Waals surface area (Å²) in [5, 5.41) is 10.2. The number of ether oxygens (including phenoxy) is 1. The zero-order valence-electron chi connectivity index (χ0n) is 12.1. The van der Waals surface area contributed by atoms with Crippen LogP contribution < -0.4 is 15.8 Å². The molecular weight excluding hydrogens is 284 g/mol. The Balaban J connectivity index is 1.83. The first-order valence-electron chi connectivity index (χ1n) is 6.88. The molecule has 3 rings (SSSR count). The van der Waals surface area contributed by atoms with E-state index in [1.807, 2.05) is 24.3 Å². The van der Waals surface area contributed by atoms with Crippen molar-refractivity contribution in [2.75, 3.05) is 18.2 Å². The number of nitrogens with zero attached hydrogens (tertiary/aromatic N) is 2. The highest BCUT2D eigenvalue weighted by Gasteiger charge is 2.25. The third-order valence-corrected chi connectivity index (χ3v) is 3.62. The predicted octanol–water partition coefficient (Wildman–Crippen LogP) is 2.10. The van der Waals surface area contributed by atoms with Gasteiger partial charge in [-0.1, -0.05) is 18.2 Å². The molecular formula is C15H16N4O3. The summed E-state index contributed by atoms with van der Waals surface area (Å²) >= 11 is 0. The molecule has 0 spiro atoms. The highest BCUT2D eigenvalue weighted by molar-refractivity contribution is 5.92. The number of nitrogen functional groups attached to an aromatic ring is 1. The molecule has 0 unspecified atom stereocenters. The molecule has 0 saturated heterocycles. The number of hydrogen-bond acceptors (Lipinski definition) is 7. The molecule has 0 amide bonds. The van der Waals surface area contributed by atoms with Gasteiger partial charge in [-0.15, -0.1) is 0 Å². The minimum absolute atomic E-state index is 0.0391. The first kappa shape index (κ1) is 14.1. The summed E-state index contributed by atoms with van der Waals surface area (Å²) < 4.78 is 9.93. The molecule has 0 radical (unpaired) electrons. The molecule has 7 nitrogen and oxygen atoms in total. The van der Waals surface area contributed by atoms with Crippen LogP contribution in [0, 0.1) is 0 Å². The molecule has 0 aliphatic heterocycles. The fourth-order valence-corrected chi connectivity index (χ4v) is 2.64. The topological polar surface area (TPSA) is 103 Å². The molecule has 114 valence electrons. The first-order chi connectivity index (χ1) is 10.7. The molecule has 0 fully saturated rings. The number of benzene rings is 1. The van der Waals surface area contributed by atoms with Gasteiger partial charge in [-0.25, -0.2) is 4.63 Å². The van der Waals surface area contributed by atoms with E-state index in [1.165, 1.54) is 0 Å². The summed E-state index contributed by atoms with van der Waals surface area (Å²) in [5.41, 5.74) is 7.36. The minimum Gasteiger partial charge on any atom is -0.496 e. The van der Waals surface area contributed by atoms with Crippen molar-refractivity contribution < 1.29 is 14.2 Å². The fraction of sp³-hybridized carbons (Fsp3) is 0.267. The lowest BCUT2D eigenvalue weighted by Gasteiger charge is -2.24. The highest BCUT2D eigenvalue weighted by Crippen LogP contribution is 2.36. The molecule has 0 saturated carbocycles. The van der Waals surface area contributed by atoms with Gasteiger partial charge in [0.2, 0.25) is 11.6 Å². The van der Waals surface area contributed by atoms with Crippen LogP contribution in [0.5, 0.6) is 5.75 Å². The second-order valence-corrected chi connectivity index (χ2v) is 5.11. The van der Waals surface area contributed by atoms with E-state index in [1.54, 1.807) is 13.2 Å². The summed E-state index contributed by atoms with van der Waals surface area (Å²) in [6.45, 7) is 0. The summed E-state index contributed by atoms with van der Waals surface area (Å²) in [5.74, 6) is 1.34. The van der Waals surface area contributed by atoms with Crippen LogP contribution in [0.25, 0.3) is 0 Å². The van der Waals surface area contributed by atoms with Crippen molar-refractivity contribution in [3.63, 3.8) is 0 Å². The van der Waals surface area contributed by atoms with Gasteiger partial charge in [0.1, 0.15) is 5.75 Å². The summed E-state index contributed by atoms with van der Waals surface area (Å²) in [6, 6.07) is 7.72. The lowest BCUT2D eigenvalue weighted by molar-refractivity contribution is -0.115. The molecule has 1 aliphatic carbocycles. The quantitative estimate of drug-likeness (QED) is 0.891. The van der Waals surface area contributed by atoms with Gasteiger partial charge in [-0.05, 0) is 28.4 Å². The Labute approximate surface area is 127 Å². The maximum atomic E-state index is 12.0. The third kappa shape index (κ3) is 2.78. The standard InChI is InChI=1S/C15H16N4O3/c1-21-13-5-3-2-4-12(13)9-6-10(8-11(20)7-9)17-15-14(16)18-22-19-15/h2-5,8-9H,6-7H2,1H3,(H2,16,18)(H,17,19)/t9-/m1/s1. The second-order valence-electron chi connectivity index (χ2n) is 5.11. The number of hydrogen-bond donors (Lipinski definition) is 2. The van der Waals surface area contributed by atoms with Crippen molar-refractivity contribution in [3.05, 3.63) is 41.6 Å². The van der Waals surface area contributed by atoms with Crippen LogP contribution in [0.3, 0.4) is 0 Å². The lowest BCUT2D eigenvalue weighted by atomic mass is 9.85. The number of methoxy groups -OCH3 is 1. The van der Waals surface area contributed by atoms with E-state index >= 15 is 0 Å². The van der Waals surface area contributed by atoms with Crippen LogP contribution in [-0.2, 0) is 4.79 Å². The molecule has 1 aliphatic rings. The van der Waals surface area contributed by atoms with E-state index in [4.69, 9.17) is 10.5 Å². The summed E-state index contributed by atoms with van der Waals surface area (Å²) in [6.07, 6.45) is 2.66. The number of rotatable bonds is 4. The number of nitrogens with one attached hydrogen (secondary N) is 1. The number of ketones is 1. The van der Waals surface area contributed by atoms with Crippen LogP contribution in [0.1, 0.15) is 24.3 Å². The smallest absolute Gasteiger partial charge is 0.219 e.